The van der Waals surface area contributed by atoms with Crippen LogP contribution >= 0.6 is 0 Å². The third-order valence-electron chi connectivity index (χ3n) is 5.28. The van der Waals surface area contributed by atoms with Crippen LogP contribution in [-0.2, 0) is 4.79 Å². The highest BCUT2D eigenvalue weighted by molar-refractivity contribution is 6.01. The molecular weight excluding hydrogens is 390 g/mol. The minimum atomic E-state index is -2.61. The Hall–Kier alpha value is -3.26. The smallest absolute Gasteiger partial charge is 0.267 e. The van der Waals surface area contributed by atoms with Crippen molar-refractivity contribution in [2.24, 2.45) is 0 Å². The molecule has 1 fully saturated rings. The van der Waals surface area contributed by atoms with Crippen LogP contribution < -0.4 is 16.0 Å². The second kappa shape index (κ2) is 8.62. The number of benzene rings is 2. The van der Waals surface area contributed by atoms with Gasteiger partial charge in [0.2, 0.25) is 5.91 Å². The van der Waals surface area contributed by atoms with Gasteiger partial charge < -0.3 is 20.9 Å². The number of halogens is 2. The summed E-state index contributed by atoms with van der Waals surface area (Å²) in [5.74, 6) is -0.614. The zero-order valence-corrected chi connectivity index (χ0v) is 16.1. The predicted octanol–water partition coefficient (Wildman–Crippen LogP) is 3.25. The lowest BCUT2D eigenvalue weighted by Gasteiger charge is -2.19. The summed E-state index contributed by atoms with van der Waals surface area (Å²) < 4.78 is 24.6. The number of anilines is 1. The Morgan fingerprint density at radius 1 is 1.10 bits per heavy atom. The molecule has 8 heteroatoms. The van der Waals surface area contributed by atoms with Crippen molar-refractivity contribution in [3.05, 3.63) is 65.9 Å². The van der Waals surface area contributed by atoms with Gasteiger partial charge in [0, 0.05) is 22.5 Å². The molecule has 2 aromatic carbocycles. The number of hydrogen-bond acceptors (Lipinski definition) is 3. The van der Waals surface area contributed by atoms with Crippen LogP contribution in [0.3, 0.4) is 0 Å². The van der Waals surface area contributed by atoms with E-state index < -0.39 is 18.9 Å². The molecule has 0 bridgehead atoms. The SMILES string of the molecule is O=C(NCC(F)F)c1cc2cc(NC(=O)[C@@H]3NCC[C@H]3c3ccccc3)ccc2[nH]1. The summed E-state index contributed by atoms with van der Waals surface area (Å²) in [6.07, 6.45) is -1.72. The van der Waals surface area contributed by atoms with Gasteiger partial charge in [0.15, 0.2) is 0 Å². The van der Waals surface area contributed by atoms with E-state index in [4.69, 9.17) is 0 Å². The van der Waals surface area contributed by atoms with Gasteiger partial charge in [-0.25, -0.2) is 8.78 Å². The molecule has 2 atom stereocenters. The standard InChI is InChI=1S/C22H22F2N4O2/c23-19(24)12-26-21(29)18-11-14-10-15(6-7-17(14)28-18)27-22(30)20-16(8-9-25-20)13-4-2-1-3-5-13/h1-7,10-11,16,19-20,25,28H,8-9,12H2,(H,26,29)(H,27,30)/t16-,20+/m0/s1. The van der Waals surface area contributed by atoms with Gasteiger partial charge in [-0.05, 0) is 42.8 Å². The first-order valence-electron chi connectivity index (χ1n) is 9.79. The van der Waals surface area contributed by atoms with Gasteiger partial charge in [0.25, 0.3) is 12.3 Å². The molecule has 0 unspecified atom stereocenters. The zero-order valence-electron chi connectivity index (χ0n) is 16.1. The first-order chi connectivity index (χ1) is 14.5. The lowest BCUT2D eigenvalue weighted by Crippen LogP contribution is -2.39. The molecule has 0 radical (unpaired) electrons. The van der Waals surface area contributed by atoms with Gasteiger partial charge >= 0.3 is 0 Å². The molecule has 0 spiro atoms. The molecule has 0 aliphatic carbocycles. The van der Waals surface area contributed by atoms with Crippen molar-refractivity contribution < 1.29 is 18.4 Å². The molecule has 1 aliphatic rings. The van der Waals surface area contributed by atoms with Crippen LogP contribution in [0.2, 0.25) is 0 Å². The third-order valence-corrected chi connectivity index (χ3v) is 5.28. The van der Waals surface area contributed by atoms with Crippen molar-refractivity contribution >= 4 is 28.4 Å². The molecule has 4 rings (SSSR count). The van der Waals surface area contributed by atoms with Crippen LogP contribution in [0.5, 0.6) is 0 Å². The third kappa shape index (κ3) is 4.33. The molecule has 2 amide bonds. The van der Waals surface area contributed by atoms with Crippen molar-refractivity contribution in [3.63, 3.8) is 0 Å². The van der Waals surface area contributed by atoms with E-state index in [0.29, 0.717) is 16.6 Å². The van der Waals surface area contributed by atoms with Crippen LogP contribution in [0.4, 0.5) is 14.5 Å². The van der Waals surface area contributed by atoms with Gasteiger partial charge in [0.05, 0.1) is 12.6 Å². The molecular formula is C22H22F2N4O2. The fourth-order valence-corrected chi connectivity index (χ4v) is 3.86. The monoisotopic (exact) mass is 412 g/mol. The second-order valence-corrected chi connectivity index (χ2v) is 7.31. The molecule has 156 valence electrons. The number of alkyl halides is 2. The number of nitrogens with one attached hydrogen (secondary N) is 4. The summed E-state index contributed by atoms with van der Waals surface area (Å²) in [7, 11) is 0. The fourth-order valence-electron chi connectivity index (χ4n) is 3.86. The van der Waals surface area contributed by atoms with E-state index in [-0.39, 0.29) is 23.6 Å². The lowest BCUT2D eigenvalue weighted by atomic mass is 9.91. The molecule has 0 saturated carbocycles. The van der Waals surface area contributed by atoms with Gasteiger partial charge in [0.1, 0.15) is 5.69 Å². The fraction of sp³-hybridized carbons (Fsp3) is 0.273. The van der Waals surface area contributed by atoms with Crippen LogP contribution in [0, 0.1) is 0 Å². The highest BCUT2D eigenvalue weighted by Gasteiger charge is 2.33. The number of aromatic nitrogens is 1. The molecule has 6 nitrogen and oxygen atoms in total. The van der Waals surface area contributed by atoms with Crippen molar-refractivity contribution in [3.8, 4) is 0 Å². The van der Waals surface area contributed by atoms with Crippen molar-refractivity contribution in [1.82, 2.24) is 15.6 Å². The topological polar surface area (TPSA) is 86.0 Å². The summed E-state index contributed by atoms with van der Waals surface area (Å²) in [5, 5.41) is 9.08. The lowest BCUT2D eigenvalue weighted by molar-refractivity contribution is -0.118. The summed E-state index contributed by atoms with van der Waals surface area (Å²) in [5.41, 5.74) is 2.60. The highest BCUT2D eigenvalue weighted by atomic mass is 19.3. The van der Waals surface area contributed by atoms with Gasteiger partial charge in [-0.2, -0.15) is 0 Å². The average Bonchev–Trinajstić information content (AvgIpc) is 3.39. The maximum atomic E-state index is 12.9. The Labute approximate surface area is 172 Å². The number of carbonyl (C=O) groups is 2. The summed E-state index contributed by atoms with van der Waals surface area (Å²) >= 11 is 0. The number of hydrogen-bond donors (Lipinski definition) is 4. The van der Waals surface area contributed by atoms with E-state index >= 15 is 0 Å². The Morgan fingerprint density at radius 3 is 2.67 bits per heavy atom. The Morgan fingerprint density at radius 2 is 1.90 bits per heavy atom. The molecule has 1 aliphatic heterocycles. The maximum absolute atomic E-state index is 12.9. The predicted molar refractivity (Wildman–Crippen MR) is 111 cm³/mol. The Bertz CT molecular complexity index is 1050. The number of rotatable bonds is 6. The van der Waals surface area contributed by atoms with Crippen molar-refractivity contribution in [1.29, 1.82) is 0 Å². The Balaban J connectivity index is 1.47. The summed E-state index contributed by atoms with van der Waals surface area (Å²) in [6, 6.07) is 16.4. The van der Waals surface area contributed by atoms with E-state index in [9.17, 15) is 18.4 Å². The van der Waals surface area contributed by atoms with Gasteiger partial charge in [-0.15, -0.1) is 0 Å². The minimum Gasteiger partial charge on any atom is -0.351 e. The average molecular weight is 412 g/mol. The number of amides is 2. The highest BCUT2D eigenvalue weighted by Crippen LogP contribution is 2.29. The number of carbonyl (C=O) groups excluding carboxylic acids is 2. The van der Waals surface area contributed by atoms with E-state index in [1.807, 2.05) is 30.3 Å². The van der Waals surface area contributed by atoms with Crippen LogP contribution in [0.1, 0.15) is 28.4 Å². The summed E-state index contributed by atoms with van der Waals surface area (Å²) in [4.78, 5) is 27.8. The van der Waals surface area contributed by atoms with E-state index in [2.05, 4.69) is 20.9 Å². The van der Waals surface area contributed by atoms with Crippen molar-refractivity contribution in [2.75, 3.05) is 18.4 Å². The zero-order chi connectivity index (χ0) is 21.1. The van der Waals surface area contributed by atoms with Crippen LogP contribution in [-0.4, -0.2) is 42.4 Å². The second-order valence-electron chi connectivity index (χ2n) is 7.31. The quantitative estimate of drug-likeness (QED) is 0.501. The minimum absolute atomic E-state index is 0.104. The largest absolute Gasteiger partial charge is 0.351 e. The number of H-pyrrole nitrogens is 1. The Kier molecular flexibility index (Phi) is 5.76. The summed E-state index contributed by atoms with van der Waals surface area (Å²) in [6.45, 7) is 0.0675. The van der Waals surface area contributed by atoms with E-state index in [1.165, 1.54) is 0 Å². The molecule has 3 aromatic rings. The van der Waals surface area contributed by atoms with Crippen LogP contribution in [0.25, 0.3) is 10.9 Å². The first-order valence-corrected chi connectivity index (χ1v) is 9.79. The maximum Gasteiger partial charge on any atom is 0.267 e. The van der Waals surface area contributed by atoms with Gasteiger partial charge in [-0.1, -0.05) is 30.3 Å². The van der Waals surface area contributed by atoms with Crippen LogP contribution in [0.15, 0.2) is 54.6 Å². The number of aromatic amines is 1. The van der Waals surface area contributed by atoms with E-state index in [0.717, 1.165) is 18.5 Å². The van der Waals surface area contributed by atoms with E-state index in [1.54, 1.807) is 24.3 Å². The molecule has 30 heavy (non-hydrogen) atoms. The molecule has 1 saturated heterocycles. The molecule has 1 aromatic heterocycles. The molecule has 4 N–H and O–H groups in total. The number of fused-ring (bicyclic) bond motifs is 1. The molecule has 2 heterocycles. The normalized spacial score (nSPS) is 18.6. The van der Waals surface area contributed by atoms with Crippen molar-refractivity contribution in [2.45, 2.75) is 24.8 Å². The van der Waals surface area contributed by atoms with Gasteiger partial charge in [-0.3, -0.25) is 9.59 Å². The first kappa shape index (κ1) is 20.0.